The van der Waals surface area contributed by atoms with Crippen LogP contribution in [0.2, 0.25) is 5.02 Å². The average molecular weight is 447 g/mol. The van der Waals surface area contributed by atoms with Crippen LogP contribution in [0.15, 0.2) is 76.1 Å². The maximum absolute atomic E-state index is 12.2. The zero-order valence-electron chi connectivity index (χ0n) is 16.0. The van der Waals surface area contributed by atoms with Gasteiger partial charge >= 0.3 is 0 Å². The summed E-state index contributed by atoms with van der Waals surface area (Å²) in [5.41, 5.74) is 0.440. The monoisotopic (exact) mass is 446 g/mol. The van der Waals surface area contributed by atoms with E-state index < -0.39 is 15.9 Å². The molecule has 30 heavy (non-hydrogen) atoms. The first-order valence-corrected chi connectivity index (χ1v) is 10.7. The SMILES string of the molecule is COc1ccc(Cl)cc1NC(=O)/C=C/c1ccc(CNS(=O)(=O)c2ccccc2)o1. The summed E-state index contributed by atoms with van der Waals surface area (Å²) in [6.07, 6.45) is 2.76. The smallest absolute Gasteiger partial charge is 0.248 e. The normalized spacial score (nSPS) is 11.5. The van der Waals surface area contributed by atoms with E-state index in [2.05, 4.69) is 10.0 Å². The van der Waals surface area contributed by atoms with Crippen molar-refractivity contribution in [3.63, 3.8) is 0 Å². The van der Waals surface area contributed by atoms with Crippen LogP contribution in [0.4, 0.5) is 5.69 Å². The van der Waals surface area contributed by atoms with Crippen molar-refractivity contribution in [3.8, 4) is 5.75 Å². The maximum atomic E-state index is 12.2. The highest BCUT2D eigenvalue weighted by Crippen LogP contribution is 2.27. The van der Waals surface area contributed by atoms with Crippen molar-refractivity contribution >= 4 is 39.3 Å². The number of furan rings is 1. The Bertz CT molecular complexity index is 1160. The zero-order chi connectivity index (χ0) is 21.6. The first-order chi connectivity index (χ1) is 14.4. The van der Waals surface area contributed by atoms with Gasteiger partial charge in [-0.2, -0.15) is 0 Å². The first-order valence-electron chi connectivity index (χ1n) is 8.83. The number of benzene rings is 2. The van der Waals surface area contributed by atoms with Gasteiger partial charge in [-0.05, 0) is 48.5 Å². The van der Waals surface area contributed by atoms with Crippen molar-refractivity contribution in [2.75, 3.05) is 12.4 Å². The molecular formula is C21H19ClN2O5S. The molecule has 3 rings (SSSR count). The molecule has 0 saturated carbocycles. The van der Waals surface area contributed by atoms with Crippen LogP contribution in [0.25, 0.3) is 6.08 Å². The van der Waals surface area contributed by atoms with E-state index in [-0.39, 0.29) is 11.4 Å². The van der Waals surface area contributed by atoms with Gasteiger partial charge < -0.3 is 14.5 Å². The van der Waals surface area contributed by atoms with E-state index in [1.54, 1.807) is 48.5 Å². The van der Waals surface area contributed by atoms with Crippen LogP contribution in [0.3, 0.4) is 0 Å². The second kappa shape index (κ2) is 9.62. The molecular weight excluding hydrogens is 428 g/mol. The van der Waals surface area contributed by atoms with Gasteiger partial charge in [-0.1, -0.05) is 29.8 Å². The molecule has 0 spiro atoms. The molecule has 0 saturated heterocycles. The molecule has 0 unspecified atom stereocenters. The van der Waals surface area contributed by atoms with Gasteiger partial charge in [0.25, 0.3) is 0 Å². The summed E-state index contributed by atoms with van der Waals surface area (Å²) in [4.78, 5) is 12.3. The minimum atomic E-state index is -3.63. The van der Waals surface area contributed by atoms with E-state index >= 15 is 0 Å². The molecule has 0 fully saturated rings. The summed E-state index contributed by atoms with van der Waals surface area (Å²) in [5.74, 6) is 0.883. The molecule has 0 aliphatic carbocycles. The number of nitrogens with one attached hydrogen (secondary N) is 2. The number of methoxy groups -OCH3 is 1. The number of hydrogen-bond donors (Lipinski definition) is 2. The summed E-state index contributed by atoms with van der Waals surface area (Å²) < 4.78 is 37.7. The van der Waals surface area contributed by atoms with Gasteiger partial charge in [0.15, 0.2) is 0 Å². The van der Waals surface area contributed by atoms with Crippen molar-refractivity contribution in [3.05, 3.63) is 83.3 Å². The van der Waals surface area contributed by atoms with Crippen molar-refractivity contribution in [1.29, 1.82) is 0 Å². The molecule has 0 aliphatic rings. The number of carbonyl (C=O) groups excluding carboxylic acids is 1. The molecule has 1 amide bonds. The molecule has 2 N–H and O–H groups in total. The molecule has 1 aromatic heterocycles. The summed E-state index contributed by atoms with van der Waals surface area (Å²) in [5, 5.41) is 3.14. The molecule has 2 aromatic carbocycles. The third-order valence-corrected chi connectivity index (χ3v) is 5.64. The van der Waals surface area contributed by atoms with Gasteiger partial charge in [-0.3, -0.25) is 4.79 Å². The van der Waals surface area contributed by atoms with E-state index in [0.29, 0.717) is 28.0 Å². The standard InChI is InChI=1S/C21H19ClN2O5S/c1-28-20-11-7-15(22)13-19(20)24-21(25)12-10-16-8-9-17(29-16)14-23-30(26,27)18-5-3-2-4-6-18/h2-13,23H,14H2,1H3,(H,24,25)/b12-10+. The van der Waals surface area contributed by atoms with Crippen LogP contribution < -0.4 is 14.8 Å². The zero-order valence-corrected chi connectivity index (χ0v) is 17.5. The first kappa shape index (κ1) is 21.6. The Labute approximate surface area is 179 Å². The number of carbonyl (C=O) groups is 1. The fourth-order valence-electron chi connectivity index (χ4n) is 2.54. The lowest BCUT2D eigenvalue weighted by molar-refractivity contribution is -0.111. The third-order valence-electron chi connectivity index (χ3n) is 3.99. The highest BCUT2D eigenvalue weighted by molar-refractivity contribution is 7.89. The lowest BCUT2D eigenvalue weighted by Crippen LogP contribution is -2.22. The van der Waals surface area contributed by atoms with Crippen molar-refractivity contribution in [2.45, 2.75) is 11.4 Å². The topological polar surface area (TPSA) is 97.6 Å². The summed E-state index contributed by atoms with van der Waals surface area (Å²) in [6, 6.07) is 16.2. The average Bonchev–Trinajstić information content (AvgIpc) is 3.20. The molecule has 0 atom stereocenters. The highest BCUT2D eigenvalue weighted by Gasteiger charge is 2.14. The molecule has 0 bridgehead atoms. The highest BCUT2D eigenvalue weighted by atomic mass is 35.5. The number of hydrogen-bond acceptors (Lipinski definition) is 5. The van der Waals surface area contributed by atoms with Gasteiger partial charge in [-0.25, -0.2) is 13.1 Å². The van der Waals surface area contributed by atoms with Crippen molar-refractivity contribution < 1.29 is 22.4 Å². The molecule has 9 heteroatoms. The Morgan fingerprint density at radius 2 is 1.90 bits per heavy atom. The Hall–Kier alpha value is -3.07. The molecule has 7 nitrogen and oxygen atoms in total. The third kappa shape index (κ3) is 5.73. The minimum absolute atomic E-state index is 0.0169. The summed E-state index contributed by atoms with van der Waals surface area (Å²) >= 11 is 5.95. The Kier molecular flexibility index (Phi) is 6.94. The molecule has 0 radical (unpaired) electrons. The number of ether oxygens (including phenoxy) is 1. The largest absolute Gasteiger partial charge is 0.495 e. The Morgan fingerprint density at radius 1 is 1.13 bits per heavy atom. The molecule has 156 valence electrons. The molecule has 1 heterocycles. The fourth-order valence-corrected chi connectivity index (χ4v) is 3.72. The lowest BCUT2D eigenvalue weighted by atomic mass is 10.3. The van der Waals surface area contributed by atoms with Crippen molar-refractivity contribution in [1.82, 2.24) is 4.72 Å². The van der Waals surface area contributed by atoms with E-state index in [1.165, 1.54) is 31.4 Å². The number of sulfonamides is 1. The molecule has 0 aliphatic heterocycles. The van der Waals surface area contributed by atoms with E-state index in [9.17, 15) is 13.2 Å². The molecule has 3 aromatic rings. The van der Waals surface area contributed by atoms with Crippen LogP contribution in [-0.2, 0) is 21.4 Å². The van der Waals surface area contributed by atoms with Gasteiger partial charge in [0.05, 0.1) is 24.2 Å². The van der Waals surface area contributed by atoms with Crippen LogP contribution >= 0.6 is 11.6 Å². The second-order valence-corrected chi connectivity index (χ2v) is 8.31. The lowest BCUT2D eigenvalue weighted by Gasteiger charge is -2.08. The number of amides is 1. The predicted molar refractivity (Wildman–Crippen MR) is 115 cm³/mol. The quantitative estimate of drug-likeness (QED) is 0.508. The van der Waals surface area contributed by atoms with Gasteiger partial charge in [0, 0.05) is 11.1 Å². The van der Waals surface area contributed by atoms with E-state index in [1.807, 2.05) is 0 Å². The summed E-state index contributed by atoms with van der Waals surface area (Å²) in [7, 11) is -2.14. The second-order valence-electron chi connectivity index (χ2n) is 6.11. The fraction of sp³-hybridized carbons (Fsp3) is 0.0952. The Balaban J connectivity index is 1.59. The van der Waals surface area contributed by atoms with Crippen molar-refractivity contribution in [2.24, 2.45) is 0 Å². The number of rotatable bonds is 8. The number of halogens is 1. The van der Waals surface area contributed by atoms with Gasteiger partial charge in [0.1, 0.15) is 17.3 Å². The maximum Gasteiger partial charge on any atom is 0.248 e. The predicted octanol–water partition coefficient (Wildman–Crippen LogP) is 4.07. The Morgan fingerprint density at radius 3 is 2.63 bits per heavy atom. The van der Waals surface area contributed by atoms with E-state index in [4.69, 9.17) is 20.8 Å². The van der Waals surface area contributed by atoms with Crippen LogP contribution in [0, 0.1) is 0 Å². The van der Waals surface area contributed by atoms with E-state index in [0.717, 1.165) is 0 Å². The van der Waals surface area contributed by atoms with Gasteiger partial charge in [0.2, 0.25) is 15.9 Å². The van der Waals surface area contributed by atoms with Gasteiger partial charge in [-0.15, -0.1) is 0 Å². The summed E-state index contributed by atoms with van der Waals surface area (Å²) in [6.45, 7) is -0.0169. The van der Waals surface area contributed by atoms with Crippen LogP contribution in [0.5, 0.6) is 5.75 Å². The van der Waals surface area contributed by atoms with Crippen LogP contribution in [0.1, 0.15) is 11.5 Å². The number of anilines is 1. The van der Waals surface area contributed by atoms with Crippen LogP contribution in [-0.4, -0.2) is 21.4 Å². The minimum Gasteiger partial charge on any atom is -0.495 e.